The van der Waals surface area contributed by atoms with E-state index in [4.69, 9.17) is 9.47 Å². The monoisotopic (exact) mass is 352 g/mol. The fourth-order valence-corrected chi connectivity index (χ4v) is 3.42. The number of thiophene rings is 1. The maximum atomic E-state index is 12.4. The first-order chi connectivity index (χ1) is 12.3. The molecular weight excluding hydrogens is 336 g/mol. The van der Waals surface area contributed by atoms with Crippen molar-refractivity contribution in [2.24, 2.45) is 0 Å². The summed E-state index contributed by atoms with van der Waals surface area (Å²) in [5.41, 5.74) is 1.86. The summed E-state index contributed by atoms with van der Waals surface area (Å²) >= 11 is 1.62. The van der Waals surface area contributed by atoms with Crippen LogP contribution in [0.1, 0.15) is 5.56 Å². The van der Waals surface area contributed by atoms with Gasteiger partial charge < -0.3 is 14.8 Å². The number of para-hydroxylation sites is 2. The highest BCUT2D eigenvalue weighted by molar-refractivity contribution is 7.13. The van der Waals surface area contributed by atoms with Gasteiger partial charge in [-0.25, -0.2) is 0 Å². The van der Waals surface area contributed by atoms with Crippen LogP contribution in [-0.2, 0) is 11.3 Å². The van der Waals surface area contributed by atoms with Gasteiger partial charge in [0, 0.05) is 12.7 Å². The van der Waals surface area contributed by atoms with Crippen molar-refractivity contribution in [1.29, 1.82) is 0 Å². The number of nitrogens with zero attached hydrogens (tertiary/aromatic N) is 1. The predicted octanol–water partition coefficient (Wildman–Crippen LogP) is 3.27. The molecule has 0 fully saturated rings. The Hall–Kier alpha value is -2.86. The summed E-state index contributed by atoms with van der Waals surface area (Å²) in [6.07, 6.45) is 1.10. The van der Waals surface area contributed by atoms with Gasteiger partial charge in [-0.2, -0.15) is 0 Å². The van der Waals surface area contributed by atoms with E-state index in [1.807, 2.05) is 47.8 Å². The molecule has 5 nitrogen and oxygen atoms in total. The first-order valence-electron chi connectivity index (χ1n) is 7.95. The predicted molar refractivity (Wildman–Crippen MR) is 95.7 cm³/mol. The third-order valence-electron chi connectivity index (χ3n) is 3.90. The van der Waals surface area contributed by atoms with Gasteiger partial charge in [0.25, 0.3) is 5.91 Å². The maximum Gasteiger partial charge on any atom is 0.264 e. The van der Waals surface area contributed by atoms with E-state index < -0.39 is 6.10 Å². The second-order valence-electron chi connectivity index (χ2n) is 5.57. The van der Waals surface area contributed by atoms with Crippen LogP contribution >= 0.6 is 11.3 Å². The van der Waals surface area contributed by atoms with E-state index >= 15 is 0 Å². The number of carbonyl (C=O) groups is 1. The third kappa shape index (κ3) is 3.34. The van der Waals surface area contributed by atoms with E-state index in [1.165, 1.54) is 0 Å². The van der Waals surface area contributed by atoms with Gasteiger partial charge in [0.1, 0.15) is 6.61 Å². The van der Waals surface area contributed by atoms with Crippen molar-refractivity contribution >= 4 is 17.2 Å². The van der Waals surface area contributed by atoms with Crippen molar-refractivity contribution in [3.05, 3.63) is 65.7 Å². The summed E-state index contributed by atoms with van der Waals surface area (Å²) in [5, 5.41) is 4.93. The number of nitrogens with one attached hydrogen (secondary N) is 1. The minimum atomic E-state index is -0.656. The average molecular weight is 352 g/mol. The second kappa shape index (κ2) is 6.94. The quantitative estimate of drug-likeness (QED) is 0.783. The van der Waals surface area contributed by atoms with Crippen LogP contribution in [0.4, 0.5) is 0 Å². The van der Waals surface area contributed by atoms with Crippen LogP contribution in [-0.4, -0.2) is 23.6 Å². The summed E-state index contributed by atoms with van der Waals surface area (Å²) < 4.78 is 11.3. The topological polar surface area (TPSA) is 60.5 Å². The summed E-state index contributed by atoms with van der Waals surface area (Å²) in [7, 11) is 0. The van der Waals surface area contributed by atoms with Crippen LogP contribution in [0.5, 0.6) is 11.5 Å². The molecule has 6 heteroatoms. The SMILES string of the molecule is O=C(NCc1cccnc1-c1cccs1)[C@@H]1COc2ccccc2O1. The third-order valence-corrected chi connectivity index (χ3v) is 4.78. The molecule has 3 aromatic rings. The highest BCUT2D eigenvalue weighted by Crippen LogP contribution is 2.31. The minimum absolute atomic E-state index is 0.199. The molecule has 0 radical (unpaired) electrons. The van der Waals surface area contributed by atoms with Gasteiger partial charge >= 0.3 is 0 Å². The smallest absolute Gasteiger partial charge is 0.264 e. The lowest BCUT2D eigenvalue weighted by atomic mass is 10.1. The van der Waals surface area contributed by atoms with E-state index in [0.29, 0.717) is 18.0 Å². The van der Waals surface area contributed by atoms with Crippen LogP contribution in [0.2, 0.25) is 0 Å². The molecule has 3 heterocycles. The van der Waals surface area contributed by atoms with Crippen LogP contribution < -0.4 is 14.8 Å². The number of carbonyl (C=O) groups excluding carboxylic acids is 1. The summed E-state index contributed by atoms with van der Waals surface area (Å²) in [6, 6.07) is 15.2. The van der Waals surface area contributed by atoms with E-state index in [2.05, 4.69) is 10.3 Å². The molecule has 1 aliphatic rings. The number of fused-ring (bicyclic) bond motifs is 1. The molecule has 0 spiro atoms. The van der Waals surface area contributed by atoms with Gasteiger partial charge in [-0.1, -0.05) is 24.3 Å². The van der Waals surface area contributed by atoms with Gasteiger partial charge in [-0.15, -0.1) is 11.3 Å². The standard InChI is InChI=1S/C19H16N2O3S/c22-19(16-12-23-14-6-1-2-7-15(14)24-16)21-11-13-5-3-9-20-18(13)17-8-4-10-25-17/h1-10,16H,11-12H2,(H,21,22)/t16-/m0/s1. The molecular formula is C19H16N2O3S. The zero-order valence-corrected chi connectivity index (χ0v) is 14.2. The number of ether oxygens (including phenoxy) is 2. The van der Waals surface area contributed by atoms with E-state index in [1.54, 1.807) is 23.6 Å². The normalized spacial score (nSPS) is 15.6. The number of amides is 1. The molecule has 0 saturated heterocycles. The zero-order valence-electron chi connectivity index (χ0n) is 13.3. The zero-order chi connectivity index (χ0) is 17.1. The van der Waals surface area contributed by atoms with Crippen LogP contribution in [0.3, 0.4) is 0 Å². The molecule has 2 aromatic heterocycles. The van der Waals surface area contributed by atoms with Crippen molar-refractivity contribution in [3.8, 4) is 22.1 Å². The lowest BCUT2D eigenvalue weighted by Crippen LogP contribution is -2.43. The molecule has 0 aliphatic carbocycles. The Kier molecular flexibility index (Phi) is 4.35. The second-order valence-corrected chi connectivity index (χ2v) is 6.52. The van der Waals surface area contributed by atoms with Gasteiger partial charge in [-0.3, -0.25) is 9.78 Å². The van der Waals surface area contributed by atoms with Crippen molar-refractivity contribution in [3.63, 3.8) is 0 Å². The molecule has 1 N–H and O–H groups in total. The number of hydrogen-bond donors (Lipinski definition) is 1. The van der Waals surface area contributed by atoms with Crippen molar-refractivity contribution in [2.45, 2.75) is 12.6 Å². The van der Waals surface area contributed by atoms with Crippen molar-refractivity contribution in [2.75, 3.05) is 6.61 Å². The Bertz CT molecular complexity index is 880. The Labute approximate surface area is 149 Å². The lowest BCUT2D eigenvalue weighted by molar-refractivity contribution is -0.130. The van der Waals surface area contributed by atoms with E-state index in [9.17, 15) is 4.79 Å². The molecule has 4 rings (SSSR count). The van der Waals surface area contributed by atoms with Gasteiger partial charge in [0.15, 0.2) is 11.5 Å². The summed E-state index contributed by atoms with van der Waals surface area (Å²) in [4.78, 5) is 18.0. The van der Waals surface area contributed by atoms with Crippen molar-refractivity contribution < 1.29 is 14.3 Å². The lowest BCUT2D eigenvalue weighted by Gasteiger charge is -2.25. The van der Waals surface area contributed by atoms with Crippen molar-refractivity contribution in [1.82, 2.24) is 10.3 Å². The summed E-state index contributed by atoms with van der Waals surface area (Å²) in [5.74, 6) is 1.06. The molecule has 0 bridgehead atoms. The molecule has 1 aliphatic heterocycles. The highest BCUT2D eigenvalue weighted by Gasteiger charge is 2.27. The Morgan fingerprint density at radius 2 is 2.04 bits per heavy atom. The number of hydrogen-bond acceptors (Lipinski definition) is 5. The number of benzene rings is 1. The molecule has 25 heavy (non-hydrogen) atoms. The number of pyridine rings is 1. The van der Waals surface area contributed by atoms with E-state index in [0.717, 1.165) is 16.1 Å². The fourth-order valence-electron chi connectivity index (χ4n) is 2.66. The average Bonchev–Trinajstić information content (AvgIpc) is 3.20. The van der Waals surface area contributed by atoms with Crippen LogP contribution in [0.25, 0.3) is 10.6 Å². The minimum Gasteiger partial charge on any atom is -0.485 e. The van der Waals surface area contributed by atoms with Crippen LogP contribution in [0.15, 0.2) is 60.1 Å². The largest absolute Gasteiger partial charge is 0.485 e. The number of aromatic nitrogens is 1. The fraction of sp³-hybridized carbons (Fsp3) is 0.158. The maximum absolute atomic E-state index is 12.4. The molecule has 1 aromatic carbocycles. The van der Waals surface area contributed by atoms with Gasteiger partial charge in [0.05, 0.1) is 10.6 Å². The highest BCUT2D eigenvalue weighted by atomic mass is 32.1. The summed E-state index contributed by atoms with van der Waals surface area (Å²) in [6.45, 7) is 0.592. The molecule has 1 amide bonds. The molecule has 126 valence electrons. The molecule has 0 saturated carbocycles. The van der Waals surface area contributed by atoms with Gasteiger partial charge in [0.2, 0.25) is 6.10 Å². The first-order valence-corrected chi connectivity index (χ1v) is 8.83. The Morgan fingerprint density at radius 1 is 1.16 bits per heavy atom. The van der Waals surface area contributed by atoms with Gasteiger partial charge in [-0.05, 0) is 35.2 Å². The first kappa shape index (κ1) is 15.7. The molecule has 1 atom stereocenters. The van der Waals surface area contributed by atoms with Crippen LogP contribution in [0, 0.1) is 0 Å². The van der Waals surface area contributed by atoms with E-state index in [-0.39, 0.29) is 12.5 Å². The Balaban J connectivity index is 1.44. The number of rotatable bonds is 4. The Morgan fingerprint density at radius 3 is 2.88 bits per heavy atom. The molecule has 0 unspecified atom stereocenters.